The van der Waals surface area contributed by atoms with Crippen LogP contribution in [-0.2, 0) is 32.9 Å². The summed E-state index contributed by atoms with van der Waals surface area (Å²) in [6.07, 6.45) is 7.32. The fourth-order valence-electron chi connectivity index (χ4n) is 13.1. The smallest absolute Gasteiger partial charge is 0.163 e. The molecule has 1 N–H and O–H groups in total. The Morgan fingerprint density at radius 1 is 0.478 bits per heavy atom. The van der Waals surface area contributed by atoms with Crippen molar-refractivity contribution in [3.8, 4) is 55.6 Å². The highest BCUT2D eigenvalue weighted by Gasteiger charge is 2.44. The van der Waals surface area contributed by atoms with Gasteiger partial charge >= 0.3 is 0 Å². The Labute approximate surface area is 396 Å². The van der Waals surface area contributed by atoms with Crippen LogP contribution in [0.25, 0.3) is 61.2 Å². The van der Waals surface area contributed by atoms with Crippen LogP contribution in [0, 0.1) is 5.92 Å². The molecular formula is C65H58O2. The van der Waals surface area contributed by atoms with E-state index in [1.165, 1.54) is 112 Å². The van der Waals surface area contributed by atoms with Crippen molar-refractivity contribution in [2.45, 2.75) is 96.3 Å². The molecule has 0 heterocycles. The van der Waals surface area contributed by atoms with Crippen molar-refractivity contribution in [3.63, 3.8) is 0 Å². The van der Waals surface area contributed by atoms with Crippen LogP contribution in [0.1, 0.15) is 118 Å². The molecule has 7 aromatic carbocycles. The van der Waals surface area contributed by atoms with Crippen LogP contribution >= 0.6 is 0 Å². The normalized spacial score (nSPS) is 18.9. The lowest BCUT2D eigenvalue weighted by atomic mass is 9.72. The number of aliphatic hydroxyl groups excluding tert-OH is 1. The summed E-state index contributed by atoms with van der Waals surface area (Å²) in [6, 6.07) is 52.2. The van der Waals surface area contributed by atoms with E-state index in [2.05, 4.69) is 207 Å². The first-order chi connectivity index (χ1) is 32.0. The summed E-state index contributed by atoms with van der Waals surface area (Å²) in [5.74, 6) is 0.331. The lowest BCUT2D eigenvalue weighted by Gasteiger charge is -2.31. The van der Waals surface area contributed by atoms with Crippen LogP contribution in [0.2, 0.25) is 0 Å². The summed E-state index contributed by atoms with van der Waals surface area (Å²) in [4.78, 5) is 13.6. The molecule has 0 bridgehead atoms. The number of carbonyl (C=O) groups excluding carboxylic acids is 1. The first-order valence-corrected chi connectivity index (χ1v) is 24.3. The maximum Gasteiger partial charge on any atom is 0.163 e. The molecule has 0 saturated carbocycles. The molecule has 0 aromatic heterocycles. The summed E-state index contributed by atoms with van der Waals surface area (Å²) in [6.45, 7) is 18.7. The molecule has 0 amide bonds. The van der Waals surface area contributed by atoms with E-state index in [0.717, 1.165) is 17.6 Å². The Kier molecular flexibility index (Phi) is 8.93. The summed E-state index contributed by atoms with van der Waals surface area (Å²) in [7, 11) is 0. The molecule has 7 aromatic rings. The van der Waals surface area contributed by atoms with Crippen LogP contribution < -0.4 is 0 Å². The minimum atomic E-state index is -0.223. The Morgan fingerprint density at radius 2 is 0.896 bits per heavy atom. The zero-order chi connectivity index (χ0) is 46.4. The van der Waals surface area contributed by atoms with Crippen molar-refractivity contribution in [1.29, 1.82) is 0 Å². The van der Waals surface area contributed by atoms with Crippen LogP contribution in [0.4, 0.5) is 0 Å². The molecule has 0 radical (unpaired) electrons. The van der Waals surface area contributed by atoms with E-state index >= 15 is 0 Å². The largest absolute Gasteiger partial charge is 0.512 e. The highest BCUT2D eigenvalue weighted by molar-refractivity contribution is 5.93. The quantitative estimate of drug-likeness (QED) is 0.128. The first kappa shape index (κ1) is 41.6. The predicted octanol–water partition coefficient (Wildman–Crippen LogP) is 16.2. The molecule has 5 aliphatic carbocycles. The van der Waals surface area contributed by atoms with E-state index in [1.807, 2.05) is 0 Å². The maximum absolute atomic E-state index is 13.6. The van der Waals surface area contributed by atoms with E-state index in [1.54, 1.807) is 0 Å². The van der Waals surface area contributed by atoms with Gasteiger partial charge in [0.1, 0.15) is 5.76 Å². The third kappa shape index (κ3) is 6.18. The molecule has 67 heavy (non-hydrogen) atoms. The van der Waals surface area contributed by atoms with Crippen molar-refractivity contribution in [1.82, 2.24) is 0 Å². The molecule has 1 unspecified atom stereocenters. The average molecular weight is 871 g/mol. The van der Waals surface area contributed by atoms with Gasteiger partial charge in [0, 0.05) is 35.2 Å². The Balaban J connectivity index is 0.736. The minimum Gasteiger partial charge on any atom is -0.512 e. The summed E-state index contributed by atoms with van der Waals surface area (Å²) in [5.41, 5.74) is 26.7. The summed E-state index contributed by atoms with van der Waals surface area (Å²) in [5, 5.41) is 11.3. The van der Waals surface area contributed by atoms with Gasteiger partial charge in [-0.3, -0.25) is 4.79 Å². The number of carbonyl (C=O) groups is 1. The van der Waals surface area contributed by atoms with Gasteiger partial charge in [-0.25, -0.2) is 0 Å². The van der Waals surface area contributed by atoms with Gasteiger partial charge in [0.05, 0.1) is 0 Å². The van der Waals surface area contributed by atoms with Crippen molar-refractivity contribution in [3.05, 3.63) is 219 Å². The number of rotatable bonds is 7. The molecule has 330 valence electrons. The first-order valence-electron chi connectivity index (χ1n) is 24.3. The van der Waals surface area contributed by atoms with Gasteiger partial charge < -0.3 is 5.11 Å². The molecule has 0 aliphatic heterocycles. The Hall–Kier alpha value is -6.77. The average Bonchev–Trinajstić information content (AvgIpc) is 3.88. The fourth-order valence-corrected chi connectivity index (χ4v) is 13.1. The number of ketones is 1. The maximum atomic E-state index is 13.6. The van der Waals surface area contributed by atoms with Gasteiger partial charge in [-0.05, 0) is 153 Å². The van der Waals surface area contributed by atoms with Crippen molar-refractivity contribution < 1.29 is 9.90 Å². The van der Waals surface area contributed by atoms with Gasteiger partial charge in [0.2, 0.25) is 0 Å². The molecule has 2 nitrogen and oxygen atoms in total. The summed E-state index contributed by atoms with van der Waals surface area (Å²) < 4.78 is 0. The lowest BCUT2D eigenvalue weighted by molar-refractivity contribution is -0.114. The van der Waals surface area contributed by atoms with E-state index in [9.17, 15) is 9.90 Å². The topological polar surface area (TPSA) is 37.3 Å². The third-order valence-corrected chi connectivity index (χ3v) is 16.9. The second-order valence-corrected chi connectivity index (χ2v) is 22.3. The minimum absolute atomic E-state index is 0.0438. The monoisotopic (exact) mass is 870 g/mol. The predicted molar refractivity (Wildman–Crippen MR) is 278 cm³/mol. The Morgan fingerprint density at radius 3 is 1.42 bits per heavy atom. The van der Waals surface area contributed by atoms with Crippen molar-refractivity contribution in [2.75, 3.05) is 0 Å². The third-order valence-electron chi connectivity index (χ3n) is 16.9. The van der Waals surface area contributed by atoms with Gasteiger partial charge in [0.15, 0.2) is 5.78 Å². The SMILES string of the molecule is CC1(C)c2ccccc2-c2ccc(-c3ccc4c(c3)C(C)(C)c3cc(C/C(O)=C/C(=O)CC5=CC=C6c7ccc(-c8ccc9c(c8)C(C)(C)c8ccccc8-9)cc7C(C)(C)C6C5)ccc3-4)cc21. The number of fused-ring (bicyclic) bond motifs is 12. The standard InChI is InChI=1S/C65H58O2/c1-62(2)54-15-11-9-13-46(54)50-25-19-40(33-58(50)62)42-21-27-52-48-23-17-38(31-56(48)64(5,6)60(52)35-42)29-44(66)37-45(67)30-39-18-24-49-53-28-22-43(36-61(53)65(7,8)57(49)32-39)41-20-26-51-47-14-10-12-16-55(47)63(3,4)59(51)34-41/h9-28,31,33-37,57,66H,29-30,32H2,1-8H3/b44-37-. The number of allylic oxidation sites excluding steroid dienone is 6. The van der Waals surface area contributed by atoms with E-state index in [-0.39, 0.29) is 39.1 Å². The molecule has 5 aliphatic rings. The van der Waals surface area contributed by atoms with Crippen LogP contribution in [0.15, 0.2) is 169 Å². The van der Waals surface area contributed by atoms with Gasteiger partial charge in [-0.15, -0.1) is 0 Å². The van der Waals surface area contributed by atoms with Crippen molar-refractivity contribution in [2.24, 2.45) is 5.92 Å². The van der Waals surface area contributed by atoms with E-state index < -0.39 is 0 Å². The van der Waals surface area contributed by atoms with Crippen molar-refractivity contribution >= 4 is 11.4 Å². The van der Waals surface area contributed by atoms with Crippen LogP contribution in [-0.4, -0.2) is 10.9 Å². The van der Waals surface area contributed by atoms with Crippen LogP contribution in [0.5, 0.6) is 0 Å². The van der Waals surface area contributed by atoms with Gasteiger partial charge in [0.25, 0.3) is 0 Å². The molecule has 0 fully saturated rings. The number of hydrogen-bond acceptors (Lipinski definition) is 2. The number of hydrogen-bond donors (Lipinski definition) is 1. The molecular weight excluding hydrogens is 813 g/mol. The highest BCUT2D eigenvalue weighted by Crippen LogP contribution is 2.56. The Bertz CT molecular complexity index is 3410. The zero-order valence-electron chi connectivity index (χ0n) is 40.1. The second kappa shape index (κ2) is 14.4. The number of benzene rings is 7. The fraction of sp³-hybridized carbons (Fsp3) is 0.246. The molecule has 12 rings (SSSR count). The molecule has 1 atom stereocenters. The molecule has 0 saturated heterocycles. The molecule has 0 spiro atoms. The second-order valence-electron chi connectivity index (χ2n) is 22.3. The highest BCUT2D eigenvalue weighted by atomic mass is 16.3. The lowest BCUT2D eigenvalue weighted by Crippen LogP contribution is -2.25. The van der Waals surface area contributed by atoms with Gasteiger partial charge in [-0.2, -0.15) is 0 Å². The molecule has 2 heteroatoms. The summed E-state index contributed by atoms with van der Waals surface area (Å²) >= 11 is 0. The number of aliphatic hydroxyl groups is 1. The van der Waals surface area contributed by atoms with E-state index in [4.69, 9.17) is 0 Å². The zero-order valence-corrected chi connectivity index (χ0v) is 40.1. The van der Waals surface area contributed by atoms with E-state index in [0.29, 0.717) is 12.8 Å². The van der Waals surface area contributed by atoms with Crippen LogP contribution in [0.3, 0.4) is 0 Å². The van der Waals surface area contributed by atoms with Gasteiger partial charge in [-0.1, -0.05) is 188 Å².